The Morgan fingerprint density at radius 2 is 1.72 bits per heavy atom. The zero-order valence-electron chi connectivity index (χ0n) is 17.8. The maximum atomic E-state index is 13.7. The number of nitrogens with one attached hydrogen (secondary N) is 1. The smallest absolute Gasteiger partial charge is 0.226 e. The molecule has 5 fully saturated rings. The van der Waals surface area contributed by atoms with Crippen LogP contribution in [-0.4, -0.2) is 18.0 Å². The topological polar surface area (TPSA) is 55.1 Å². The summed E-state index contributed by atoms with van der Waals surface area (Å²) in [5.74, 6) is 1.52. The Labute approximate surface area is 175 Å². The van der Waals surface area contributed by atoms with E-state index in [9.17, 15) is 4.79 Å². The third kappa shape index (κ3) is 3.26. The average Bonchev–Trinajstić information content (AvgIpc) is 2.72. The average molecular weight is 393 g/mol. The lowest BCUT2D eigenvalue weighted by Gasteiger charge is -2.62. The van der Waals surface area contributed by atoms with Gasteiger partial charge in [0.25, 0.3) is 0 Å². The number of amides is 1. The zero-order chi connectivity index (χ0) is 20.1. The van der Waals surface area contributed by atoms with Crippen molar-refractivity contribution in [2.45, 2.75) is 88.6 Å². The Morgan fingerprint density at radius 1 is 1.07 bits per heavy atom. The third-order valence-electron chi connectivity index (χ3n) is 8.58. The largest absolute Gasteiger partial charge is 0.353 e. The van der Waals surface area contributed by atoms with Gasteiger partial charge in [0.1, 0.15) is 0 Å². The van der Waals surface area contributed by atoms with Gasteiger partial charge in [0.15, 0.2) is 0 Å². The van der Waals surface area contributed by atoms with Gasteiger partial charge in [-0.15, -0.1) is 0 Å². The van der Waals surface area contributed by atoms with Gasteiger partial charge in [-0.25, -0.2) is 0 Å². The molecule has 0 radical (unpaired) electrons. The van der Waals surface area contributed by atoms with Gasteiger partial charge in [-0.3, -0.25) is 4.79 Å². The monoisotopic (exact) mass is 392 g/mol. The molecule has 29 heavy (non-hydrogen) atoms. The highest BCUT2D eigenvalue weighted by atomic mass is 16.2. The van der Waals surface area contributed by atoms with Gasteiger partial charge >= 0.3 is 0 Å². The summed E-state index contributed by atoms with van der Waals surface area (Å²) in [5.41, 5.74) is 9.23. The first-order valence-electron chi connectivity index (χ1n) is 11.9. The van der Waals surface area contributed by atoms with Crippen LogP contribution in [-0.2, 0) is 10.2 Å². The molecule has 1 amide bonds. The van der Waals surface area contributed by atoms with E-state index in [2.05, 4.69) is 48.6 Å². The Kier molecular flexibility index (Phi) is 4.85. The number of benzene rings is 1. The second-order valence-electron chi connectivity index (χ2n) is 10.5. The van der Waals surface area contributed by atoms with Gasteiger partial charge in [-0.1, -0.05) is 48.9 Å². The van der Waals surface area contributed by atoms with E-state index >= 15 is 0 Å². The van der Waals surface area contributed by atoms with Gasteiger partial charge in [-0.2, -0.15) is 0 Å². The summed E-state index contributed by atoms with van der Waals surface area (Å²) in [4.78, 5) is 13.7. The van der Waals surface area contributed by atoms with E-state index in [1.807, 2.05) is 0 Å². The van der Waals surface area contributed by atoms with E-state index in [1.54, 1.807) is 5.57 Å². The summed E-state index contributed by atoms with van der Waals surface area (Å²) in [7, 11) is 0. The third-order valence-corrected chi connectivity index (χ3v) is 8.58. The van der Waals surface area contributed by atoms with Crippen molar-refractivity contribution in [2.24, 2.45) is 23.0 Å². The van der Waals surface area contributed by atoms with Crippen molar-refractivity contribution in [1.29, 1.82) is 0 Å². The molecular formula is C26H36N2O. The summed E-state index contributed by atoms with van der Waals surface area (Å²) in [5, 5.41) is 3.50. The second-order valence-corrected chi connectivity index (χ2v) is 10.5. The van der Waals surface area contributed by atoms with Crippen LogP contribution in [0, 0.1) is 17.3 Å². The molecule has 0 aliphatic heterocycles. The number of rotatable bonds is 4. The molecule has 0 heterocycles. The lowest BCUT2D eigenvalue weighted by molar-refractivity contribution is -0.145. The van der Waals surface area contributed by atoms with E-state index in [-0.39, 0.29) is 10.8 Å². The second kappa shape index (κ2) is 7.27. The van der Waals surface area contributed by atoms with Crippen molar-refractivity contribution >= 4 is 5.91 Å². The first-order chi connectivity index (χ1) is 14.0. The maximum Gasteiger partial charge on any atom is 0.226 e. The van der Waals surface area contributed by atoms with Gasteiger partial charge in [-0.05, 0) is 87.0 Å². The summed E-state index contributed by atoms with van der Waals surface area (Å²) in [6.07, 6.45) is 13.4. The van der Waals surface area contributed by atoms with Crippen LogP contribution in [0.15, 0.2) is 42.0 Å². The van der Waals surface area contributed by atoms with Crippen LogP contribution in [0.1, 0.15) is 76.7 Å². The van der Waals surface area contributed by atoms with E-state index in [0.29, 0.717) is 29.8 Å². The molecule has 3 heteroatoms. The number of carbonyl (C=O) groups is 1. The molecule has 4 bridgehead atoms. The van der Waals surface area contributed by atoms with Crippen molar-refractivity contribution < 1.29 is 4.79 Å². The van der Waals surface area contributed by atoms with Crippen LogP contribution in [0.2, 0.25) is 0 Å². The van der Waals surface area contributed by atoms with Crippen LogP contribution in [0.4, 0.5) is 0 Å². The van der Waals surface area contributed by atoms with E-state index < -0.39 is 0 Å². The highest BCUT2D eigenvalue weighted by Crippen LogP contribution is 2.67. The molecule has 1 aromatic rings. The van der Waals surface area contributed by atoms with Crippen LogP contribution in [0.5, 0.6) is 0 Å². The van der Waals surface area contributed by atoms with Crippen LogP contribution in [0.3, 0.4) is 0 Å². The van der Waals surface area contributed by atoms with Crippen molar-refractivity contribution in [3.63, 3.8) is 0 Å². The number of nitrogens with two attached hydrogens (primary N) is 1. The van der Waals surface area contributed by atoms with Crippen molar-refractivity contribution in [3.05, 3.63) is 47.5 Å². The minimum Gasteiger partial charge on any atom is -0.353 e. The Balaban J connectivity index is 1.44. The minimum absolute atomic E-state index is 0.174. The minimum atomic E-state index is -0.174. The molecule has 6 rings (SSSR count). The standard InChI is InChI=1S/C26H36N2O/c1-2-6-23-18-13-25(20-7-4-3-5-8-20)14-19(23)16-26(15-18,17-25)24(29)28-22-11-9-21(27)10-12-22/h3-8,18-19,21-22H,2,9-17,27H2,1H3,(H,28,29)/t18?,19?,21-,22-,25?,26?. The molecule has 5 saturated carbocycles. The molecule has 0 spiro atoms. The highest BCUT2D eigenvalue weighted by Gasteiger charge is 2.62. The number of hydrogen-bond donors (Lipinski definition) is 2. The quantitative estimate of drug-likeness (QED) is 0.719. The summed E-state index contributed by atoms with van der Waals surface area (Å²) in [6, 6.07) is 11.7. The first-order valence-corrected chi connectivity index (χ1v) is 11.9. The number of hydrogen-bond acceptors (Lipinski definition) is 2. The molecule has 156 valence electrons. The Morgan fingerprint density at radius 3 is 2.34 bits per heavy atom. The Bertz CT molecular complexity index is 772. The summed E-state index contributed by atoms with van der Waals surface area (Å²) in [6.45, 7) is 2.25. The van der Waals surface area contributed by atoms with Crippen molar-refractivity contribution in [3.8, 4) is 0 Å². The predicted molar refractivity (Wildman–Crippen MR) is 117 cm³/mol. The Hall–Kier alpha value is -1.61. The van der Waals surface area contributed by atoms with Gasteiger partial charge in [0.05, 0.1) is 5.41 Å². The molecular weight excluding hydrogens is 356 g/mol. The maximum absolute atomic E-state index is 13.7. The molecule has 3 N–H and O–H groups in total. The highest BCUT2D eigenvalue weighted by molar-refractivity contribution is 5.84. The van der Waals surface area contributed by atoms with Crippen molar-refractivity contribution in [2.75, 3.05) is 0 Å². The SMILES string of the molecule is CCC=C1C2CC3(C(=O)N[C@H]4CC[C@H](N)CC4)CC1CC(c1ccccc1)(C2)C3. The van der Waals surface area contributed by atoms with Crippen LogP contribution >= 0.6 is 0 Å². The van der Waals surface area contributed by atoms with E-state index in [1.165, 1.54) is 18.4 Å². The molecule has 3 nitrogen and oxygen atoms in total. The lowest BCUT2D eigenvalue weighted by Crippen LogP contribution is -2.60. The van der Waals surface area contributed by atoms with Gasteiger partial charge in [0, 0.05) is 12.1 Å². The first kappa shape index (κ1) is 19.4. The predicted octanol–water partition coefficient (Wildman–Crippen LogP) is 4.86. The van der Waals surface area contributed by atoms with Crippen molar-refractivity contribution in [1.82, 2.24) is 5.32 Å². The molecule has 5 aliphatic carbocycles. The molecule has 5 aliphatic rings. The fraction of sp³-hybridized carbons (Fsp3) is 0.654. The summed E-state index contributed by atoms with van der Waals surface area (Å²) < 4.78 is 0. The summed E-state index contributed by atoms with van der Waals surface area (Å²) >= 11 is 0. The van der Waals surface area contributed by atoms with Gasteiger partial charge < -0.3 is 11.1 Å². The van der Waals surface area contributed by atoms with Crippen LogP contribution in [0.25, 0.3) is 0 Å². The van der Waals surface area contributed by atoms with Gasteiger partial charge in [0.2, 0.25) is 5.91 Å². The molecule has 0 saturated heterocycles. The number of allylic oxidation sites excluding steroid dienone is 2. The number of carbonyl (C=O) groups excluding carboxylic acids is 1. The molecule has 1 aromatic carbocycles. The molecule has 2 atom stereocenters. The van der Waals surface area contributed by atoms with E-state index in [0.717, 1.165) is 51.4 Å². The van der Waals surface area contributed by atoms with Crippen LogP contribution < -0.4 is 11.1 Å². The fourth-order valence-corrected chi connectivity index (χ4v) is 7.51. The lowest BCUT2D eigenvalue weighted by atomic mass is 9.41. The van der Waals surface area contributed by atoms with E-state index in [4.69, 9.17) is 5.73 Å². The molecule has 0 aromatic heterocycles. The normalized spacial score (nSPS) is 40.7. The fourth-order valence-electron chi connectivity index (χ4n) is 7.51. The molecule has 2 unspecified atom stereocenters. The zero-order valence-corrected chi connectivity index (χ0v) is 17.8.